The Hall–Kier alpha value is -2.35. The Morgan fingerprint density at radius 3 is 2.26 bits per heavy atom. The van der Waals surface area contributed by atoms with Gasteiger partial charge in [0.2, 0.25) is 5.91 Å². The Labute approximate surface area is 162 Å². The number of allylic oxidation sites excluding steroid dienone is 1. The van der Waals surface area contributed by atoms with E-state index >= 15 is 0 Å². The molecule has 2 heteroatoms. The molecule has 0 fully saturated rings. The van der Waals surface area contributed by atoms with Gasteiger partial charge >= 0.3 is 0 Å². The number of amides is 1. The maximum Gasteiger partial charge on any atom is 0.249 e. The number of carbonyl (C=O) groups excluding carboxylic acids is 1. The molecule has 2 aromatic rings. The van der Waals surface area contributed by atoms with Crippen molar-refractivity contribution in [3.8, 4) is 11.1 Å². The molecule has 2 nitrogen and oxygen atoms in total. The van der Waals surface area contributed by atoms with Crippen LogP contribution >= 0.6 is 0 Å². The van der Waals surface area contributed by atoms with Crippen LogP contribution in [0.5, 0.6) is 0 Å². The third kappa shape index (κ3) is 2.65. The van der Waals surface area contributed by atoms with Crippen LogP contribution in [0.4, 0.5) is 0 Å². The Morgan fingerprint density at radius 2 is 1.63 bits per heavy atom. The van der Waals surface area contributed by atoms with E-state index in [2.05, 4.69) is 59.8 Å². The number of primary amides is 1. The van der Waals surface area contributed by atoms with E-state index in [0.717, 1.165) is 36.0 Å². The molecule has 0 aliphatic heterocycles. The lowest BCUT2D eigenvalue weighted by molar-refractivity contribution is 0.1000. The van der Waals surface area contributed by atoms with E-state index in [1.807, 2.05) is 0 Å². The quantitative estimate of drug-likeness (QED) is 0.764. The molecular weight excluding hydrogens is 330 g/mol. The molecule has 2 aliphatic carbocycles. The molecule has 2 aliphatic rings. The predicted molar refractivity (Wildman–Crippen MR) is 113 cm³/mol. The highest BCUT2D eigenvalue weighted by molar-refractivity contribution is 6.04. The summed E-state index contributed by atoms with van der Waals surface area (Å²) in [5.41, 5.74) is 19.4. The van der Waals surface area contributed by atoms with E-state index in [9.17, 15) is 4.79 Å². The zero-order valence-electron chi connectivity index (χ0n) is 17.3. The molecule has 27 heavy (non-hydrogen) atoms. The fourth-order valence-corrected chi connectivity index (χ4v) is 4.96. The summed E-state index contributed by atoms with van der Waals surface area (Å²) in [6.07, 6.45) is 5.19. The van der Waals surface area contributed by atoms with Gasteiger partial charge in [-0.2, -0.15) is 0 Å². The van der Waals surface area contributed by atoms with Gasteiger partial charge in [-0.3, -0.25) is 4.79 Å². The lowest BCUT2D eigenvalue weighted by Gasteiger charge is -2.24. The van der Waals surface area contributed by atoms with Crippen molar-refractivity contribution in [2.45, 2.75) is 66.2 Å². The molecule has 0 saturated carbocycles. The van der Waals surface area contributed by atoms with Crippen molar-refractivity contribution in [2.75, 3.05) is 0 Å². The van der Waals surface area contributed by atoms with Crippen LogP contribution in [0.3, 0.4) is 0 Å². The number of benzene rings is 2. The predicted octanol–water partition coefficient (Wildman–Crippen LogP) is 5.42. The van der Waals surface area contributed by atoms with Gasteiger partial charge in [0.15, 0.2) is 0 Å². The van der Waals surface area contributed by atoms with Gasteiger partial charge in [-0.15, -0.1) is 0 Å². The lowest BCUT2D eigenvalue weighted by atomic mass is 9.80. The van der Waals surface area contributed by atoms with Crippen molar-refractivity contribution in [3.05, 3.63) is 62.2 Å². The number of rotatable bonds is 2. The number of carbonyl (C=O) groups is 1. The SMILES string of the molecule is CC1=Cc2cc(C(C)(C)C)cc(-c3c(C)c4c(C)c(c3C(N)=O)CC4)c2C1. The molecule has 0 atom stereocenters. The molecule has 2 bridgehead atoms. The normalized spacial score (nSPS) is 15.1. The molecule has 1 amide bonds. The fraction of sp³-hybridized carbons (Fsp3) is 0.400. The Bertz CT molecular complexity index is 1030. The smallest absolute Gasteiger partial charge is 0.249 e. The first-order valence-corrected chi connectivity index (χ1v) is 9.89. The van der Waals surface area contributed by atoms with Gasteiger partial charge in [0.05, 0.1) is 5.56 Å². The third-order valence-corrected chi connectivity index (χ3v) is 6.43. The van der Waals surface area contributed by atoms with E-state index in [1.54, 1.807) is 0 Å². The van der Waals surface area contributed by atoms with Gasteiger partial charge in [0.1, 0.15) is 0 Å². The van der Waals surface area contributed by atoms with Crippen molar-refractivity contribution in [1.29, 1.82) is 0 Å². The number of fused-ring (bicyclic) bond motifs is 3. The van der Waals surface area contributed by atoms with Crippen LogP contribution in [-0.2, 0) is 24.7 Å². The topological polar surface area (TPSA) is 43.1 Å². The maximum absolute atomic E-state index is 12.6. The summed E-state index contributed by atoms with van der Waals surface area (Å²) in [4.78, 5) is 12.6. The average Bonchev–Trinajstić information content (AvgIpc) is 3.07. The van der Waals surface area contributed by atoms with Crippen LogP contribution in [0, 0.1) is 13.8 Å². The summed E-state index contributed by atoms with van der Waals surface area (Å²) >= 11 is 0. The van der Waals surface area contributed by atoms with Crippen LogP contribution in [-0.4, -0.2) is 5.91 Å². The molecule has 2 N–H and O–H groups in total. The molecule has 0 spiro atoms. The van der Waals surface area contributed by atoms with Gasteiger partial charge in [0.25, 0.3) is 0 Å². The van der Waals surface area contributed by atoms with Gasteiger partial charge in [-0.05, 0) is 95.5 Å². The number of hydrogen-bond donors (Lipinski definition) is 1. The number of hydrogen-bond acceptors (Lipinski definition) is 1. The molecule has 140 valence electrons. The van der Waals surface area contributed by atoms with E-state index in [1.165, 1.54) is 44.5 Å². The van der Waals surface area contributed by atoms with Crippen LogP contribution in [0.2, 0.25) is 0 Å². The Balaban J connectivity index is 2.10. The molecular formula is C25H29NO. The summed E-state index contributed by atoms with van der Waals surface area (Å²) in [5, 5.41) is 0. The van der Waals surface area contributed by atoms with Crippen molar-refractivity contribution in [3.63, 3.8) is 0 Å². The van der Waals surface area contributed by atoms with Gasteiger partial charge in [0, 0.05) is 0 Å². The zero-order chi connectivity index (χ0) is 19.7. The van der Waals surface area contributed by atoms with Crippen LogP contribution in [0.1, 0.15) is 77.0 Å². The first-order chi connectivity index (χ1) is 12.6. The Kier molecular flexibility index (Phi) is 3.89. The molecule has 0 unspecified atom stereocenters. The second kappa shape index (κ2) is 5.82. The van der Waals surface area contributed by atoms with E-state index < -0.39 is 0 Å². The summed E-state index contributed by atoms with van der Waals surface area (Å²) in [7, 11) is 0. The van der Waals surface area contributed by atoms with Crippen molar-refractivity contribution in [1.82, 2.24) is 0 Å². The molecule has 0 radical (unpaired) electrons. The van der Waals surface area contributed by atoms with Gasteiger partial charge in [-0.1, -0.05) is 44.6 Å². The highest BCUT2D eigenvalue weighted by Gasteiger charge is 2.30. The fourth-order valence-electron chi connectivity index (χ4n) is 4.96. The minimum Gasteiger partial charge on any atom is -0.366 e. The summed E-state index contributed by atoms with van der Waals surface area (Å²) in [6, 6.07) is 4.64. The monoisotopic (exact) mass is 359 g/mol. The minimum atomic E-state index is -0.294. The van der Waals surface area contributed by atoms with Crippen LogP contribution < -0.4 is 5.73 Å². The molecule has 4 rings (SSSR count). The Morgan fingerprint density at radius 1 is 0.963 bits per heavy atom. The standard InChI is InChI=1S/C25H29NO/c1-13-9-16-11-17(25(4,5)6)12-21(20(16)10-13)22-15(3)18-7-8-19(14(18)2)23(22)24(26)27/h9,11-12H,7-8,10H2,1-6H3,(H2,26,27). The zero-order valence-corrected chi connectivity index (χ0v) is 17.3. The number of nitrogens with two attached hydrogens (primary N) is 1. The molecule has 0 heterocycles. The first kappa shape index (κ1) is 18.0. The first-order valence-electron chi connectivity index (χ1n) is 9.89. The maximum atomic E-state index is 12.6. The van der Waals surface area contributed by atoms with Gasteiger partial charge < -0.3 is 5.73 Å². The lowest BCUT2D eigenvalue weighted by Crippen LogP contribution is -2.17. The van der Waals surface area contributed by atoms with Crippen molar-refractivity contribution < 1.29 is 4.79 Å². The van der Waals surface area contributed by atoms with E-state index in [0.29, 0.717) is 0 Å². The third-order valence-electron chi connectivity index (χ3n) is 6.43. The van der Waals surface area contributed by atoms with Crippen molar-refractivity contribution in [2.24, 2.45) is 5.73 Å². The molecule has 0 saturated heterocycles. The highest BCUT2D eigenvalue weighted by Crippen LogP contribution is 2.44. The second-order valence-corrected chi connectivity index (χ2v) is 9.33. The summed E-state index contributed by atoms with van der Waals surface area (Å²) in [6.45, 7) is 13.2. The van der Waals surface area contributed by atoms with Crippen LogP contribution in [0.25, 0.3) is 17.2 Å². The van der Waals surface area contributed by atoms with E-state index in [-0.39, 0.29) is 11.3 Å². The minimum absolute atomic E-state index is 0.0471. The molecule has 2 aromatic carbocycles. The summed E-state index contributed by atoms with van der Waals surface area (Å²) < 4.78 is 0. The van der Waals surface area contributed by atoms with Crippen molar-refractivity contribution >= 4 is 12.0 Å². The van der Waals surface area contributed by atoms with Gasteiger partial charge in [-0.25, -0.2) is 0 Å². The summed E-state index contributed by atoms with van der Waals surface area (Å²) in [5.74, 6) is -0.294. The van der Waals surface area contributed by atoms with E-state index in [4.69, 9.17) is 5.73 Å². The van der Waals surface area contributed by atoms with Crippen LogP contribution in [0.15, 0.2) is 17.7 Å². The second-order valence-electron chi connectivity index (χ2n) is 9.33. The average molecular weight is 360 g/mol. The molecule has 0 aromatic heterocycles. The largest absolute Gasteiger partial charge is 0.366 e. The highest BCUT2D eigenvalue weighted by atomic mass is 16.1.